The minimum absolute atomic E-state index is 0.0275. The molecule has 3 aliphatic rings. The fourth-order valence-electron chi connectivity index (χ4n) is 6.11. The third-order valence-corrected chi connectivity index (χ3v) is 8.73. The van der Waals surface area contributed by atoms with Gasteiger partial charge in [-0.3, -0.25) is 9.59 Å². The van der Waals surface area contributed by atoms with Gasteiger partial charge in [-0.05, 0) is 70.7 Å². The zero-order chi connectivity index (χ0) is 35.3. The Kier molecular flexibility index (Phi) is 11.0. The highest BCUT2D eigenvalue weighted by Crippen LogP contribution is 2.46. The summed E-state index contributed by atoms with van der Waals surface area (Å²) in [5, 5.41) is 8.62. The lowest BCUT2D eigenvalue weighted by molar-refractivity contribution is -0.148. The third kappa shape index (κ3) is 9.17. The van der Waals surface area contributed by atoms with Crippen LogP contribution < -0.4 is 20.7 Å². The maximum Gasteiger partial charge on any atom is 0.408 e. The van der Waals surface area contributed by atoms with Gasteiger partial charge in [-0.1, -0.05) is 36.6 Å². The molecular formula is C34H42ClFN6O7. The quantitative estimate of drug-likeness (QED) is 0.216. The smallest absolute Gasteiger partial charge is 0.408 e. The van der Waals surface area contributed by atoms with Crippen LogP contribution in [0.4, 0.5) is 20.8 Å². The highest BCUT2D eigenvalue weighted by molar-refractivity contribution is 6.29. The number of alkyl carbamates (subject to hydrolysis) is 1. The highest BCUT2D eigenvalue weighted by atomic mass is 35.5. The van der Waals surface area contributed by atoms with Crippen LogP contribution in [0, 0.1) is 11.7 Å². The second kappa shape index (κ2) is 15.0. The first kappa shape index (κ1) is 35.8. The average molecular weight is 701 g/mol. The molecule has 13 nitrogen and oxygen atoms in total. The number of amides is 3. The lowest BCUT2D eigenvalue weighted by Crippen LogP contribution is -2.56. The van der Waals surface area contributed by atoms with Crippen LogP contribution in [0.15, 0.2) is 42.5 Å². The molecule has 264 valence electrons. The number of fused-ring (bicyclic) bond motifs is 2. The molecule has 0 bridgehead atoms. The summed E-state index contributed by atoms with van der Waals surface area (Å²) in [5.41, 5.74) is -1.52. The molecule has 49 heavy (non-hydrogen) atoms. The van der Waals surface area contributed by atoms with Crippen LogP contribution in [0.2, 0.25) is 5.15 Å². The van der Waals surface area contributed by atoms with Crippen molar-refractivity contribution in [2.75, 3.05) is 19.0 Å². The lowest BCUT2D eigenvalue weighted by Gasteiger charge is -2.30. The van der Waals surface area contributed by atoms with Crippen LogP contribution in [0.1, 0.15) is 65.7 Å². The molecular weight excluding hydrogens is 659 g/mol. The second-order valence-corrected chi connectivity index (χ2v) is 13.9. The zero-order valence-corrected chi connectivity index (χ0v) is 28.7. The summed E-state index contributed by atoms with van der Waals surface area (Å²) in [7, 11) is 1.27. The van der Waals surface area contributed by atoms with E-state index in [4.69, 9.17) is 25.8 Å². The van der Waals surface area contributed by atoms with E-state index in [9.17, 15) is 23.6 Å². The summed E-state index contributed by atoms with van der Waals surface area (Å²) in [4.78, 5) is 63.9. The molecule has 0 unspecified atom stereocenters. The first-order valence-electron chi connectivity index (χ1n) is 16.4. The number of nitrogens with one attached hydrogen (secondary N) is 3. The topological polar surface area (TPSA) is 161 Å². The Labute approximate surface area is 289 Å². The van der Waals surface area contributed by atoms with Crippen LogP contribution in [-0.2, 0) is 23.9 Å². The van der Waals surface area contributed by atoms with E-state index in [1.165, 1.54) is 42.3 Å². The number of carbonyl (C=O) groups is 4. The van der Waals surface area contributed by atoms with Crippen molar-refractivity contribution in [3.05, 3.63) is 53.5 Å². The molecule has 0 spiro atoms. The first-order chi connectivity index (χ1) is 23.3. The number of hydrogen-bond acceptors (Lipinski definition) is 10. The molecule has 3 N–H and O–H groups in total. The first-order valence-corrected chi connectivity index (χ1v) is 16.7. The molecule has 1 saturated carbocycles. The van der Waals surface area contributed by atoms with Crippen LogP contribution in [0.5, 0.6) is 5.88 Å². The molecule has 15 heteroatoms. The number of aromatic nitrogens is 2. The lowest BCUT2D eigenvalue weighted by atomic mass is 10.0. The van der Waals surface area contributed by atoms with Crippen LogP contribution >= 0.6 is 11.6 Å². The highest BCUT2D eigenvalue weighted by Gasteiger charge is 2.62. The van der Waals surface area contributed by atoms with Crippen LogP contribution in [0.3, 0.4) is 0 Å². The number of methoxy groups -OCH3 is 1. The Balaban J connectivity index is 1.41. The summed E-state index contributed by atoms with van der Waals surface area (Å²) < 4.78 is 30.1. The number of nitrogens with zero attached hydrogens (tertiary/aromatic N) is 3. The minimum atomic E-state index is -1.24. The van der Waals surface area contributed by atoms with Gasteiger partial charge in [0.1, 0.15) is 40.3 Å². The van der Waals surface area contributed by atoms with Crippen molar-refractivity contribution >= 4 is 47.1 Å². The second-order valence-electron chi connectivity index (χ2n) is 13.5. The number of hydrogen-bond donors (Lipinski definition) is 3. The van der Waals surface area contributed by atoms with Crippen LogP contribution in [-0.4, -0.2) is 81.7 Å². The summed E-state index contributed by atoms with van der Waals surface area (Å²) >= 11 is 6.28. The van der Waals surface area contributed by atoms with E-state index in [2.05, 4.69) is 25.9 Å². The Hall–Kier alpha value is -4.46. The third-order valence-electron chi connectivity index (χ3n) is 8.54. The van der Waals surface area contributed by atoms with E-state index in [-0.39, 0.29) is 35.9 Å². The van der Waals surface area contributed by atoms with Crippen molar-refractivity contribution in [3.63, 3.8) is 0 Å². The number of allylic oxidation sites excluding steroid dienone is 1. The van der Waals surface area contributed by atoms with E-state index in [0.29, 0.717) is 24.9 Å². The Morgan fingerprint density at radius 3 is 2.59 bits per heavy atom. The number of ether oxygens (including phenoxy) is 3. The molecule has 1 aromatic carbocycles. The largest absolute Gasteiger partial charge is 0.472 e. The van der Waals surface area contributed by atoms with Gasteiger partial charge in [-0.2, -0.15) is 4.98 Å². The molecule has 1 saturated heterocycles. The maximum atomic E-state index is 14.2. The normalized spacial score (nSPS) is 25.9. The molecule has 5 rings (SSSR count). The Bertz CT molecular complexity index is 1590. The average Bonchev–Trinajstić information content (AvgIpc) is 3.55. The van der Waals surface area contributed by atoms with Gasteiger partial charge in [-0.25, -0.2) is 19.0 Å². The molecule has 2 aromatic rings. The fraction of sp³-hybridized carbons (Fsp3) is 0.529. The summed E-state index contributed by atoms with van der Waals surface area (Å²) in [6.45, 7) is 5.15. The van der Waals surface area contributed by atoms with E-state index >= 15 is 0 Å². The van der Waals surface area contributed by atoms with Crippen molar-refractivity contribution in [2.24, 2.45) is 5.92 Å². The monoisotopic (exact) mass is 700 g/mol. The SMILES string of the molecule is COC(=O)[C@@]12C[C@H]1C=CCCCCC[C@H](NC(=O)OC(C)(C)C)C(=O)N1C[C@H](Oc3cc(Cl)nc(Nc4ccc(F)cc4)n3)C[C@H]1C(=O)N2. The van der Waals surface area contributed by atoms with Crippen molar-refractivity contribution < 1.29 is 37.8 Å². The van der Waals surface area contributed by atoms with E-state index in [1.54, 1.807) is 20.8 Å². The molecule has 2 aliphatic heterocycles. The molecule has 2 fully saturated rings. The van der Waals surface area contributed by atoms with Crippen LogP contribution in [0.25, 0.3) is 0 Å². The fourth-order valence-corrected chi connectivity index (χ4v) is 6.28. The standard InChI is InChI=1S/C34H42ClFN6O7/c1-33(2,3)49-32(46)38-24-11-9-7-5-6-8-10-20-18-34(20,30(45)47-4)41-28(43)25-16-23(19-42(25)29(24)44)48-27-17-26(35)39-31(40-27)37-22-14-12-21(36)13-15-22/h8,10,12-15,17,20,23-25H,5-7,9,11,16,18-19H2,1-4H3,(H,38,46)(H,41,43)(H,37,39,40)/t20-,23-,24+,25+,34-/m1/s1. The van der Waals surface area contributed by atoms with Crippen molar-refractivity contribution in [1.29, 1.82) is 0 Å². The van der Waals surface area contributed by atoms with E-state index in [0.717, 1.165) is 19.3 Å². The number of rotatable bonds is 6. The summed E-state index contributed by atoms with van der Waals surface area (Å²) in [6.07, 6.45) is 6.26. The van der Waals surface area contributed by atoms with Gasteiger partial charge in [0.15, 0.2) is 0 Å². The molecule has 3 heterocycles. The van der Waals surface area contributed by atoms with Gasteiger partial charge in [0.05, 0.1) is 13.7 Å². The van der Waals surface area contributed by atoms with E-state index < -0.39 is 59.0 Å². The molecule has 1 aliphatic carbocycles. The maximum absolute atomic E-state index is 14.2. The number of benzene rings is 1. The Morgan fingerprint density at radius 2 is 1.88 bits per heavy atom. The van der Waals surface area contributed by atoms with Gasteiger partial charge < -0.3 is 35.1 Å². The molecule has 3 amide bonds. The predicted octanol–water partition coefficient (Wildman–Crippen LogP) is 4.82. The number of esters is 1. The summed E-state index contributed by atoms with van der Waals surface area (Å²) in [6, 6.07) is 4.95. The number of carbonyl (C=O) groups excluding carboxylic acids is 4. The van der Waals surface area contributed by atoms with Crippen molar-refractivity contribution in [1.82, 2.24) is 25.5 Å². The number of anilines is 2. The van der Waals surface area contributed by atoms with Gasteiger partial charge in [0, 0.05) is 24.1 Å². The minimum Gasteiger partial charge on any atom is -0.472 e. The molecule has 0 radical (unpaired) electrons. The zero-order valence-electron chi connectivity index (χ0n) is 28.0. The molecule has 5 atom stereocenters. The Morgan fingerprint density at radius 1 is 1.12 bits per heavy atom. The van der Waals surface area contributed by atoms with Gasteiger partial charge in [-0.15, -0.1) is 0 Å². The summed E-state index contributed by atoms with van der Waals surface area (Å²) in [5.74, 6) is -2.08. The predicted molar refractivity (Wildman–Crippen MR) is 178 cm³/mol. The van der Waals surface area contributed by atoms with E-state index in [1.807, 2.05) is 12.2 Å². The van der Waals surface area contributed by atoms with Gasteiger partial charge in [0.25, 0.3) is 0 Å². The van der Waals surface area contributed by atoms with Gasteiger partial charge in [0.2, 0.25) is 23.6 Å². The van der Waals surface area contributed by atoms with Crippen molar-refractivity contribution in [3.8, 4) is 5.88 Å². The molecule has 1 aromatic heterocycles. The van der Waals surface area contributed by atoms with Crippen molar-refractivity contribution in [2.45, 2.75) is 95.0 Å². The number of halogens is 2. The van der Waals surface area contributed by atoms with Gasteiger partial charge >= 0.3 is 12.1 Å².